The Morgan fingerprint density at radius 1 is 1.03 bits per heavy atom. The van der Waals surface area contributed by atoms with Gasteiger partial charge in [0.2, 0.25) is 0 Å². The smallest absolute Gasteiger partial charge is 0.268 e. The molecule has 0 aliphatic carbocycles. The summed E-state index contributed by atoms with van der Waals surface area (Å²) < 4.78 is 17.1. The first-order valence-corrected chi connectivity index (χ1v) is 10.9. The van der Waals surface area contributed by atoms with Crippen molar-refractivity contribution < 1.29 is 24.1 Å². The molecule has 2 aromatic carbocycles. The molecule has 7 heteroatoms. The Balaban J connectivity index is 1.42. The first-order chi connectivity index (χ1) is 15.8. The van der Waals surface area contributed by atoms with Crippen LogP contribution in [0.1, 0.15) is 20.3 Å². The van der Waals surface area contributed by atoms with Crippen molar-refractivity contribution in [3.63, 3.8) is 0 Å². The number of aliphatic hydroxyl groups is 1. The van der Waals surface area contributed by atoms with Crippen molar-refractivity contribution >= 4 is 11.6 Å². The molecule has 2 heterocycles. The fraction of sp³-hybridized carbons (Fsp3) is 0.308. The lowest BCUT2D eigenvalue weighted by molar-refractivity contribution is -0.122. The predicted molar refractivity (Wildman–Crippen MR) is 126 cm³/mol. The first-order valence-electron chi connectivity index (χ1n) is 10.9. The third kappa shape index (κ3) is 5.43. The number of pyridine rings is 1. The lowest BCUT2D eigenvalue weighted by Gasteiger charge is -2.21. The molecule has 172 valence electrons. The quantitative estimate of drug-likeness (QED) is 0.559. The number of anilines is 1. The molecule has 3 aromatic rings. The highest BCUT2D eigenvalue weighted by Gasteiger charge is 2.34. The van der Waals surface area contributed by atoms with Crippen LogP contribution in [0.5, 0.6) is 17.2 Å². The van der Waals surface area contributed by atoms with Gasteiger partial charge in [-0.1, -0.05) is 12.1 Å². The minimum absolute atomic E-state index is 0.0968. The Labute approximate surface area is 193 Å². The third-order valence-electron chi connectivity index (χ3n) is 5.34. The normalized spacial score (nSPS) is 16.1. The van der Waals surface area contributed by atoms with Gasteiger partial charge in [-0.05, 0) is 61.4 Å². The Bertz CT molecular complexity index is 1090. The molecular weight excluding hydrogens is 420 g/mol. The zero-order valence-corrected chi connectivity index (χ0v) is 19.0. The van der Waals surface area contributed by atoms with Gasteiger partial charge in [0.1, 0.15) is 12.4 Å². The monoisotopic (exact) mass is 448 g/mol. The van der Waals surface area contributed by atoms with E-state index in [4.69, 9.17) is 14.2 Å². The molecule has 33 heavy (non-hydrogen) atoms. The van der Waals surface area contributed by atoms with Gasteiger partial charge in [0.25, 0.3) is 5.91 Å². The Morgan fingerprint density at radius 3 is 2.39 bits per heavy atom. The molecule has 1 atom stereocenters. The molecule has 7 nitrogen and oxygen atoms in total. The van der Waals surface area contributed by atoms with Gasteiger partial charge in [-0.25, -0.2) is 0 Å². The van der Waals surface area contributed by atoms with Crippen LogP contribution < -0.4 is 19.1 Å². The van der Waals surface area contributed by atoms with Crippen LogP contribution in [0, 0.1) is 0 Å². The van der Waals surface area contributed by atoms with Crippen LogP contribution in [-0.2, 0) is 4.79 Å². The molecule has 0 saturated carbocycles. The number of rotatable bonds is 8. The largest absolute Gasteiger partial charge is 0.493 e. The minimum Gasteiger partial charge on any atom is -0.493 e. The zero-order valence-electron chi connectivity index (χ0n) is 19.0. The summed E-state index contributed by atoms with van der Waals surface area (Å²) in [7, 11) is 1.55. The number of hydrogen-bond donors (Lipinski definition) is 1. The van der Waals surface area contributed by atoms with Crippen molar-refractivity contribution in [2.24, 2.45) is 0 Å². The number of carbonyl (C=O) groups is 1. The molecule has 1 N–H and O–H groups in total. The fourth-order valence-electron chi connectivity index (χ4n) is 3.65. The summed E-state index contributed by atoms with van der Waals surface area (Å²) in [5.74, 6) is 1.57. The Hall–Kier alpha value is -3.58. The molecule has 1 aliphatic heterocycles. The number of aromatic nitrogens is 1. The standard InChI is InChI=1S/C26H28N2O5/c1-26(2,30)17-32-22-9-6-20(16-24(22)31-3)28-15-12-23(25(28)29)33-21-7-4-18(5-8-21)19-10-13-27-14-11-19/h4-11,13-14,16,23,30H,12,15,17H2,1-3H3. The van der Waals surface area contributed by atoms with E-state index in [0.29, 0.717) is 35.9 Å². The van der Waals surface area contributed by atoms with E-state index in [9.17, 15) is 9.90 Å². The van der Waals surface area contributed by atoms with Crippen molar-refractivity contribution in [2.45, 2.75) is 32.0 Å². The van der Waals surface area contributed by atoms with Crippen molar-refractivity contribution in [1.29, 1.82) is 0 Å². The molecule has 1 aromatic heterocycles. The second kappa shape index (κ2) is 9.50. The van der Waals surface area contributed by atoms with E-state index in [1.807, 2.05) is 42.5 Å². The summed E-state index contributed by atoms with van der Waals surface area (Å²) in [5, 5.41) is 9.89. The van der Waals surface area contributed by atoms with Gasteiger partial charge < -0.3 is 24.2 Å². The van der Waals surface area contributed by atoms with Crippen molar-refractivity contribution in [3.05, 3.63) is 67.0 Å². The molecule has 4 rings (SSSR count). The number of hydrogen-bond acceptors (Lipinski definition) is 6. The molecule has 1 unspecified atom stereocenters. The summed E-state index contributed by atoms with van der Waals surface area (Å²) in [6.07, 6.45) is 3.55. The first kappa shape index (κ1) is 22.6. The van der Waals surface area contributed by atoms with Gasteiger partial charge in [-0.3, -0.25) is 9.78 Å². The van der Waals surface area contributed by atoms with Crippen molar-refractivity contribution in [3.8, 4) is 28.4 Å². The maximum atomic E-state index is 13.0. The fourth-order valence-corrected chi connectivity index (χ4v) is 3.65. The van der Waals surface area contributed by atoms with E-state index in [1.165, 1.54) is 0 Å². The average molecular weight is 449 g/mol. The predicted octanol–water partition coefficient (Wildman–Crippen LogP) is 4.09. The van der Waals surface area contributed by atoms with Crippen LogP contribution in [0.4, 0.5) is 5.69 Å². The number of carbonyl (C=O) groups excluding carboxylic acids is 1. The van der Waals surface area contributed by atoms with Crippen LogP contribution in [0.3, 0.4) is 0 Å². The molecule has 0 bridgehead atoms. The van der Waals surface area contributed by atoms with Gasteiger partial charge in [-0.2, -0.15) is 0 Å². The van der Waals surface area contributed by atoms with E-state index >= 15 is 0 Å². The molecular formula is C26H28N2O5. The van der Waals surface area contributed by atoms with Crippen molar-refractivity contribution in [1.82, 2.24) is 4.98 Å². The van der Waals surface area contributed by atoms with Gasteiger partial charge in [0, 0.05) is 37.1 Å². The van der Waals surface area contributed by atoms with E-state index in [1.54, 1.807) is 50.4 Å². The van der Waals surface area contributed by atoms with Gasteiger partial charge >= 0.3 is 0 Å². The Kier molecular flexibility index (Phi) is 6.51. The topological polar surface area (TPSA) is 81.1 Å². The zero-order chi connectivity index (χ0) is 23.4. The summed E-state index contributed by atoms with van der Waals surface area (Å²) >= 11 is 0. The van der Waals surface area contributed by atoms with Crippen LogP contribution in [0.15, 0.2) is 67.0 Å². The lowest BCUT2D eigenvalue weighted by Crippen LogP contribution is -2.32. The number of nitrogens with zero attached hydrogens (tertiary/aromatic N) is 2. The van der Waals surface area contributed by atoms with E-state index in [-0.39, 0.29) is 12.5 Å². The number of methoxy groups -OCH3 is 1. The molecule has 0 spiro atoms. The average Bonchev–Trinajstić information content (AvgIpc) is 3.18. The molecule has 0 radical (unpaired) electrons. The van der Waals surface area contributed by atoms with Crippen LogP contribution in [-0.4, -0.2) is 48.0 Å². The number of benzene rings is 2. The van der Waals surface area contributed by atoms with Crippen LogP contribution in [0.25, 0.3) is 11.1 Å². The number of amides is 1. The van der Waals surface area contributed by atoms with E-state index < -0.39 is 11.7 Å². The molecule has 1 amide bonds. The van der Waals surface area contributed by atoms with Gasteiger partial charge in [0.15, 0.2) is 17.6 Å². The summed E-state index contributed by atoms with van der Waals surface area (Å²) in [6, 6.07) is 16.9. The highest BCUT2D eigenvalue weighted by molar-refractivity contribution is 5.99. The number of ether oxygens (including phenoxy) is 3. The SMILES string of the molecule is COc1cc(N2CCC(Oc3ccc(-c4ccncc4)cc3)C2=O)ccc1OCC(C)(C)O. The van der Waals surface area contributed by atoms with Crippen molar-refractivity contribution in [2.75, 3.05) is 25.2 Å². The molecule has 1 aliphatic rings. The van der Waals surface area contributed by atoms with E-state index in [0.717, 1.165) is 11.1 Å². The maximum absolute atomic E-state index is 13.0. The highest BCUT2D eigenvalue weighted by Crippen LogP contribution is 2.34. The van der Waals surface area contributed by atoms with Crippen LogP contribution >= 0.6 is 0 Å². The highest BCUT2D eigenvalue weighted by atomic mass is 16.5. The second-order valence-electron chi connectivity index (χ2n) is 8.58. The molecule has 1 fully saturated rings. The minimum atomic E-state index is -0.963. The third-order valence-corrected chi connectivity index (χ3v) is 5.34. The van der Waals surface area contributed by atoms with Crippen LogP contribution in [0.2, 0.25) is 0 Å². The lowest BCUT2D eigenvalue weighted by atomic mass is 10.1. The van der Waals surface area contributed by atoms with Gasteiger partial charge in [-0.15, -0.1) is 0 Å². The maximum Gasteiger partial charge on any atom is 0.268 e. The van der Waals surface area contributed by atoms with Gasteiger partial charge in [0.05, 0.1) is 12.7 Å². The summed E-state index contributed by atoms with van der Waals surface area (Å²) in [4.78, 5) is 18.8. The molecule has 1 saturated heterocycles. The second-order valence-corrected chi connectivity index (χ2v) is 8.58. The summed E-state index contributed by atoms with van der Waals surface area (Å²) in [5.41, 5.74) is 1.88. The van der Waals surface area contributed by atoms with E-state index in [2.05, 4.69) is 4.98 Å². The summed E-state index contributed by atoms with van der Waals surface area (Å²) in [6.45, 7) is 4.01. The Morgan fingerprint density at radius 2 is 1.73 bits per heavy atom.